The van der Waals surface area contributed by atoms with Gasteiger partial charge in [0.15, 0.2) is 0 Å². The van der Waals surface area contributed by atoms with Gasteiger partial charge in [-0.1, -0.05) is 31.7 Å². The minimum Gasteiger partial charge on any atom is -0.309 e. The molecule has 2 rings (SSSR count). The van der Waals surface area contributed by atoms with Crippen molar-refractivity contribution in [3.05, 3.63) is 30.1 Å². The van der Waals surface area contributed by atoms with Crippen LogP contribution in [0.4, 0.5) is 0 Å². The lowest BCUT2D eigenvalue weighted by Crippen LogP contribution is -2.27. The van der Waals surface area contributed by atoms with E-state index in [1.807, 2.05) is 6.20 Å². The van der Waals surface area contributed by atoms with Crippen LogP contribution < -0.4 is 0 Å². The summed E-state index contributed by atoms with van der Waals surface area (Å²) in [7, 11) is 4.39. The van der Waals surface area contributed by atoms with Crippen molar-refractivity contribution in [1.29, 1.82) is 0 Å². The van der Waals surface area contributed by atoms with Gasteiger partial charge in [0.2, 0.25) is 0 Å². The molecule has 0 radical (unpaired) electrons. The van der Waals surface area contributed by atoms with Crippen LogP contribution in [0.15, 0.2) is 24.5 Å². The molecule has 1 heterocycles. The van der Waals surface area contributed by atoms with Gasteiger partial charge in [-0.05, 0) is 50.4 Å². The molecular formula is C16H26N2. The van der Waals surface area contributed by atoms with Gasteiger partial charge < -0.3 is 4.90 Å². The highest BCUT2D eigenvalue weighted by Crippen LogP contribution is 2.35. The second-order valence-corrected chi connectivity index (χ2v) is 5.91. The minimum atomic E-state index is 0.710. The zero-order valence-corrected chi connectivity index (χ0v) is 11.8. The summed E-state index contributed by atoms with van der Waals surface area (Å²) in [6.07, 6.45) is 12.3. The number of rotatable bonds is 3. The molecule has 0 amide bonds. The lowest BCUT2D eigenvalue weighted by Gasteiger charge is -2.31. The van der Waals surface area contributed by atoms with Crippen molar-refractivity contribution in [2.24, 2.45) is 5.92 Å². The van der Waals surface area contributed by atoms with Gasteiger partial charge in [-0.25, -0.2) is 0 Å². The van der Waals surface area contributed by atoms with Gasteiger partial charge in [-0.15, -0.1) is 0 Å². The van der Waals surface area contributed by atoms with Gasteiger partial charge in [0.05, 0.1) is 0 Å². The first kappa shape index (κ1) is 13.5. The summed E-state index contributed by atoms with van der Waals surface area (Å²) in [5.41, 5.74) is 1.45. The number of hydrogen-bond acceptors (Lipinski definition) is 2. The molecule has 1 saturated carbocycles. The van der Waals surface area contributed by atoms with E-state index in [0.717, 1.165) is 5.92 Å². The fourth-order valence-corrected chi connectivity index (χ4v) is 3.28. The van der Waals surface area contributed by atoms with Crippen LogP contribution in [0.1, 0.15) is 50.0 Å². The van der Waals surface area contributed by atoms with E-state index in [2.05, 4.69) is 42.3 Å². The predicted octanol–water partition coefficient (Wildman–Crippen LogP) is 3.70. The molecule has 0 aromatic carbocycles. The van der Waals surface area contributed by atoms with Crippen LogP contribution in [-0.4, -0.2) is 30.5 Å². The van der Waals surface area contributed by atoms with Crippen LogP contribution in [0.2, 0.25) is 0 Å². The standard InChI is InChI=1S/C16H26N2/c1-18(2)13-15-8-5-3-4-6-10-16(15)14-9-7-11-17-12-14/h7,9,11-12,15-16H,3-6,8,10,13H2,1-2H3. The molecule has 0 N–H and O–H groups in total. The Morgan fingerprint density at radius 3 is 2.61 bits per heavy atom. The molecule has 1 fully saturated rings. The SMILES string of the molecule is CN(C)CC1CCCCCCC1c1cccnc1. The monoisotopic (exact) mass is 246 g/mol. The van der Waals surface area contributed by atoms with E-state index in [1.165, 1.54) is 50.6 Å². The maximum Gasteiger partial charge on any atom is 0.0302 e. The van der Waals surface area contributed by atoms with Crippen molar-refractivity contribution in [3.8, 4) is 0 Å². The van der Waals surface area contributed by atoms with Crippen LogP contribution in [0.5, 0.6) is 0 Å². The normalized spacial score (nSPS) is 25.7. The quantitative estimate of drug-likeness (QED) is 0.808. The molecule has 2 heteroatoms. The van der Waals surface area contributed by atoms with E-state index < -0.39 is 0 Å². The van der Waals surface area contributed by atoms with E-state index in [1.54, 1.807) is 0 Å². The Morgan fingerprint density at radius 2 is 1.94 bits per heavy atom. The zero-order valence-electron chi connectivity index (χ0n) is 11.8. The third-order valence-corrected chi connectivity index (χ3v) is 4.12. The first-order valence-corrected chi connectivity index (χ1v) is 7.32. The summed E-state index contributed by atoms with van der Waals surface area (Å²) in [6.45, 7) is 1.21. The van der Waals surface area contributed by atoms with Crippen LogP contribution >= 0.6 is 0 Å². The first-order valence-electron chi connectivity index (χ1n) is 7.32. The zero-order chi connectivity index (χ0) is 12.8. The van der Waals surface area contributed by atoms with Crippen molar-refractivity contribution in [3.63, 3.8) is 0 Å². The second-order valence-electron chi connectivity index (χ2n) is 5.91. The Morgan fingerprint density at radius 1 is 1.17 bits per heavy atom. The van der Waals surface area contributed by atoms with Crippen molar-refractivity contribution in [1.82, 2.24) is 9.88 Å². The second kappa shape index (κ2) is 6.89. The van der Waals surface area contributed by atoms with Crippen LogP contribution in [0.3, 0.4) is 0 Å². The van der Waals surface area contributed by atoms with Gasteiger partial charge in [-0.3, -0.25) is 4.98 Å². The molecule has 2 nitrogen and oxygen atoms in total. The van der Waals surface area contributed by atoms with E-state index in [-0.39, 0.29) is 0 Å². The van der Waals surface area contributed by atoms with Crippen molar-refractivity contribution >= 4 is 0 Å². The highest BCUT2D eigenvalue weighted by Gasteiger charge is 2.24. The topological polar surface area (TPSA) is 16.1 Å². The molecule has 2 atom stereocenters. The number of aromatic nitrogens is 1. The fourth-order valence-electron chi connectivity index (χ4n) is 3.28. The van der Waals surface area contributed by atoms with Crippen molar-refractivity contribution < 1.29 is 0 Å². The number of nitrogens with zero attached hydrogens (tertiary/aromatic N) is 2. The molecule has 2 unspecified atom stereocenters. The van der Waals surface area contributed by atoms with Crippen LogP contribution in [-0.2, 0) is 0 Å². The maximum absolute atomic E-state index is 4.31. The summed E-state index contributed by atoms with van der Waals surface area (Å²) in [5, 5.41) is 0. The van der Waals surface area contributed by atoms with E-state index in [9.17, 15) is 0 Å². The van der Waals surface area contributed by atoms with Crippen molar-refractivity contribution in [2.75, 3.05) is 20.6 Å². The first-order chi connectivity index (χ1) is 8.77. The molecule has 0 saturated heterocycles. The Bertz CT molecular complexity index is 334. The molecule has 0 bridgehead atoms. The Kier molecular flexibility index (Phi) is 5.18. The molecule has 18 heavy (non-hydrogen) atoms. The largest absolute Gasteiger partial charge is 0.309 e. The summed E-state index contributed by atoms with van der Waals surface area (Å²) in [5.74, 6) is 1.51. The van der Waals surface area contributed by atoms with Gasteiger partial charge in [0.1, 0.15) is 0 Å². The van der Waals surface area contributed by atoms with Gasteiger partial charge in [0, 0.05) is 18.9 Å². The Labute approximate surface area is 111 Å². The van der Waals surface area contributed by atoms with Crippen LogP contribution in [0.25, 0.3) is 0 Å². The third kappa shape index (κ3) is 3.81. The molecule has 0 aliphatic heterocycles. The van der Waals surface area contributed by atoms with Gasteiger partial charge in [0.25, 0.3) is 0 Å². The van der Waals surface area contributed by atoms with Gasteiger partial charge in [-0.2, -0.15) is 0 Å². The molecule has 1 aliphatic rings. The smallest absolute Gasteiger partial charge is 0.0302 e. The van der Waals surface area contributed by atoms with Crippen LogP contribution in [0, 0.1) is 5.92 Å². The van der Waals surface area contributed by atoms with E-state index in [4.69, 9.17) is 0 Å². The van der Waals surface area contributed by atoms with Gasteiger partial charge >= 0.3 is 0 Å². The molecule has 1 aromatic rings. The molecule has 1 aromatic heterocycles. The number of pyridine rings is 1. The highest BCUT2D eigenvalue weighted by molar-refractivity contribution is 5.16. The number of hydrogen-bond donors (Lipinski definition) is 0. The molecule has 100 valence electrons. The Hall–Kier alpha value is -0.890. The Balaban J connectivity index is 2.14. The lowest BCUT2D eigenvalue weighted by molar-refractivity contribution is 0.249. The maximum atomic E-state index is 4.31. The highest BCUT2D eigenvalue weighted by atomic mass is 15.1. The lowest BCUT2D eigenvalue weighted by atomic mass is 9.78. The minimum absolute atomic E-state index is 0.710. The average molecular weight is 246 g/mol. The fraction of sp³-hybridized carbons (Fsp3) is 0.688. The van der Waals surface area contributed by atoms with Crippen molar-refractivity contribution in [2.45, 2.75) is 44.4 Å². The molecule has 0 spiro atoms. The predicted molar refractivity (Wildman–Crippen MR) is 76.7 cm³/mol. The van der Waals surface area contributed by atoms with E-state index in [0.29, 0.717) is 5.92 Å². The summed E-state index contributed by atoms with van der Waals surface area (Å²) in [4.78, 5) is 6.66. The summed E-state index contributed by atoms with van der Waals surface area (Å²) < 4.78 is 0. The summed E-state index contributed by atoms with van der Waals surface area (Å²) in [6, 6.07) is 4.35. The molecule has 1 aliphatic carbocycles. The van der Waals surface area contributed by atoms with E-state index >= 15 is 0 Å². The average Bonchev–Trinajstić information content (AvgIpc) is 2.34. The summed E-state index contributed by atoms with van der Waals surface area (Å²) >= 11 is 0. The third-order valence-electron chi connectivity index (χ3n) is 4.12. The molecular weight excluding hydrogens is 220 g/mol.